The molecule has 1 N–H and O–H groups in total. The number of aldehydes is 1. The van der Waals surface area contributed by atoms with Gasteiger partial charge in [0.25, 0.3) is 0 Å². The van der Waals surface area contributed by atoms with Gasteiger partial charge in [-0.25, -0.2) is 4.39 Å². The molecule has 0 unspecified atom stereocenters. The second kappa shape index (κ2) is 3.14. The molecule has 3 heteroatoms. The van der Waals surface area contributed by atoms with Gasteiger partial charge in [0.1, 0.15) is 5.82 Å². The Morgan fingerprint density at radius 2 is 2.27 bits per heavy atom. The fourth-order valence-corrected chi connectivity index (χ4v) is 0.859. The van der Waals surface area contributed by atoms with Crippen molar-refractivity contribution >= 4 is 12.0 Å². The molecule has 0 aliphatic carbocycles. The fourth-order valence-electron chi connectivity index (χ4n) is 0.859. The molecular formula is C8H8FNO. The van der Waals surface area contributed by atoms with Crippen LogP contribution in [0.3, 0.4) is 0 Å². The summed E-state index contributed by atoms with van der Waals surface area (Å²) in [5.74, 6) is -0.397. The Balaban J connectivity index is 3.16. The number of anilines is 1. The maximum Gasteiger partial charge on any atom is 0.152 e. The summed E-state index contributed by atoms with van der Waals surface area (Å²) in [5, 5.41) is 2.78. The number of hydrogen-bond acceptors (Lipinski definition) is 2. The highest BCUT2D eigenvalue weighted by Gasteiger charge is 1.99. The summed E-state index contributed by atoms with van der Waals surface area (Å²) in [5.41, 5.74) is 0.980. The highest BCUT2D eigenvalue weighted by Crippen LogP contribution is 2.13. The molecule has 0 atom stereocenters. The van der Waals surface area contributed by atoms with Crippen LogP contribution in [0.4, 0.5) is 10.1 Å². The lowest BCUT2D eigenvalue weighted by atomic mass is 10.2. The predicted octanol–water partition coefficient (Wildman–Crippen LogP) is 1.68. The predicted molar refractivity (Wildman–Crippen MR) is 41.3 cm³/mol. The third-order valence-corrected chi connectivity index (χ3v) is 1.41. The molecule has 2 nitrogen and oxygen atoms in total. The molecule has 0 aliphatic rings. The monoisotopic (exact) mass is 153 g/mol. The number of benzene rings is 1. The van der Waals surface area contributed by atoms with E-state index >= 15 is 0 Å². The van der Waals surface area contributed by atoms with Crippen LogP contribution in [0, 0.1) is 5.82 Å². The van der Waals surface area contributed by atoms with Crippen LogP contribution in [-0.4, -0.2) is 13.3 Å². The molecular weight excluding hydrogens is 145 g/mol. The average molecular weight is 153 g/mol. The second-order valence-corrected chi connectivity index (χ2v) is 2.10. The van der Waals surface area contributed by atoms with Crippen LogP contribution >= 0.6 is 0 Å². The van der Waals surface area contributed by atoms with Crippen molar-refractivity contribution in [1.29, 1.82) is 0 Å². The van der Waals surface area contributed by atoms with Crippen LogP contribution in [0.15, 0.2) is 18.2 Å². The highest BCUT2D eigenvalue weighted by molar-refractivity contribution is 5.83. The molecule has 0 fully saturated rings. The zero-order valence-corrected chi connectivity index (χ0v) is 6.10. The number of carbonyl (C=O) groups excluding carboxylic acids is 1. The van der Waals surface area contributed by atoms with Gasteiger partial charge in [-0.1, -0.05) is 0 Å². The lowest BCUT2D eigenvalue weighted by Crippen LogP contribution is -1.94. The van der Waals surface area contributed by atoms with Crippen molar-refractivity contribution in [3.05, 3.63) is 29.6 Å². The summed E-state index contributed by atoms with van der Waals surface area (Å²) >= 11 is 0. The Kier molecular flexibility index (Phi) is 2.21. The maximum absolute atomic E-state index is 12.5. The number of carbonyl (C=O) groups is 1. The first-order valence-electron chi connectivity index (χ1n) is 3.20. The Labute approximate surface area is 64.0 Å². The normalized spacial score (nSPS) is 9.27. The van der Waals surface area contributed by atoms with E-state index in [0.717, 1.165) is 0 Å². The van der Waals surface area contributed by atoms with Crippen molar-refractivity contribution in [2.45, 2.75) is 0 Å². The van der Waals surface area contributed by atoms with E-state index in [2.05, 4.69) is 5.32 Å². The second-order valence-electron chi connectivity index (χ2n) is 2.10. The summed E-state index contributed by atoms with van der Waals surface area (Å²) in [6.07, 6.45) is 0.620. The molecule has 0 bridgehead atoms. The van der Waals surface area contributed by atoms with Crippen molar-refractivity contribution in [3.8, 4) is 0 Å². The summed E-state index contributed by atoms with van der Waals surface area (Å²) in [6.45, 7) is 0. The van der Waals surface area contributed by atoms with Crippen molar-refractivity contribution in [1.82, 2.24) is 0 Å². The van der Waals surface area contributed by atoms with E-state index in [-0.39, 0.29) is 0 Å². The van der Waals surface area contributed by atoms with E-state index < -0.39 is 5.82 Å². The van der Waals surface area contributed by atoms with Crippen LogP contribution in [0.5, 0.6) is 0 Å². The largest absolute Gasteiger partial charge is 0.388 e. The fraction of sp³-hybridized carbons (Fsp3) is 0.125. The molecule has 0 amide bonds. The lowest BCUT2D eigenvalue weighted by Gasteiger charge is -2.01. The van der Waals surface area contributed by atoms with E-state index in [1.54, 1.807) is 7.05 Å². The molecule has 1 aromatic rings. The number of rotatable bonds is 2. The van der Waals surface area contributed by atoms with E-state index in [1.165, 1.54) is 18.2 Å². The molecule has 1 rings (SSSR count). The quantitative estimate of drug-likeness (QED) is 0.655. The number of hydrogen-bond donors (Lipinski definition) is 1. The minimum atomic E-state index is -0.397. The Morgan fingerprint density at radius 3 is 2.82 bits per heavy atom. The molecule has 0 aliphatic heterocycles. The molecule has 0 heterocycles. The van der Waals surface area contributed by atoms with E-state index in [1.807, 2.05) is 0 Å². The molecule has 0 aromatic heterocycles. The van der Waals surface area contributed by atoms with Gasteiger partial charge in [-0.3, -0.25) is 4.79 Å². The number of halogens is 1. The first-order valence-corrected chi connectivity index (χ1v) is 3.20. The van der Waals surface area contributed by atoms with Gasteiger partial charge in [0.2, 0.25) is 0 Å². The SMILES string of the molecule is CNc1ccc(F)cc1C=O. The van der Waals surface area contributed by atoms with E-state index in [9.17, 15) is 9.18 Å². The van der Waals surface area contributed by atoms with Crippen molar-refractivity contribution in [2.24, 2.45) is 0 Å². The van der Waals surface area contributed by atoms with Gasteiger partial charge in [0.15, 0.2) is 6.29 Å². The summed E-state index contributed by atoms with van der Waals surface area (Å²) in [6, 6.07) is 4.02. The van der Waals surface area contributed by atoms with Crippen molar-refractivity contribution in [2.75, 3.05) is 12.4 Å². The van der Waals surface area contributed by atoms with Gasteiger partial charge in [0.05, 0.1) is 0 Å². The summed E-state index contributed by atoms with van der Waals surface area (Å²) in [7, 11) is 1.68. The van der Waals surface area contributed by atoms with Crippen LogP contribution in [-0.2, 0) is 0 Å². The maximum atomic E-state index is 12.5. The highest BCUT2D eigenvalue weighted by atomic mass is 19.1. The Morgan fingerprint density at radius 1 is 1.55 bits per heavy atom. The standard InChI is InChI=1S/C8H8FNO/c1-10-8-3-2-7(9)4-6(8)5-11/h2-5,10H,1H3. The van der Waals surface area contributed by atoms with Crippen molar-refractivity contribution < 1.29 is 9.18 Å². The Hall–Kier alpha value is -1.38. The average Bonchev–Trinajstić information content (AvgIpc) is 2.04. The van der Waals surface area contributed by atoms with Crippen LogP contribution < -0.4 is 5.32 Å². The zero-order valence-electron chi connectivity index (χ0n) is 6.10. The summed E-state index contributed by atoms with van der Waals surface area (Å²) < 4.78 is 12.5. The van der Waals surface area contributed by atoms with Gasteiger partial charge in [-0.2, -0.15) is 0 Å². The van der Waals surface area contributed by atoms with Crippen LogP contribution in [0.2, 0.25) is 0 Å². The zero-order chi connectivity index (χ0) is 8.27. The smallest absolute Gasteiger partial charge is 0.152 e. The minimum absolute atomic E-state index is 0.340. The van der Waals surface area contributed by atoms with Gasteiger partial charge >= 0.3 is 0 Å². The van der Waals surface area contributed by atoms with E-state index in [4.69, 9.17) is 0 Å². The van der Waals surface area contributed by atoms with Gasteiger partial charge in [0, 0.05) is 18.3 Å². The lowest BCUT2D eigenvalue weighted by molar-refractivity contribution is 0.112. The van der Waals surface area contributed by atoms with Gasteiger partial charge < -0.3 is 5.32 Å². The van der Waals surface area contributed by atoms with Crippen LogP contribution in [0.25, 0.3) is 0 Å². The van der Waals surface area contributed by atoms with Crippen LogP contribution in [0.1, 0.15) is 10.4 Å². The number of nitrogens with one attached hydrogen (secondary N) is 1. The molecule has 0 spiro atoms. The first kappa shape index (κ1) is 7.72. The molecule has 0 radical (unpaired) electrons. The molecule has 11 heavy (non-hydrogen) atoms. The van der Waals surface area contributed by atoms with Gasteiger partial charge in [-0.05, 0) is 18.2 Å². The third-order valence-electron chi connectivity index (χ3n) is 1.41. The van der Waals surface area contributed by atoms with Crippen molar-refractivity contribution in [3.63, 3.8) is 0 Å². The molecule has 1 aromatic carbocycles. The Bertz CT molecular complexity index is 273. The van der Waals surface area contributed by atoms with E-state index in [0.29, 0.717) is 17.5 Å². The molecule has 0 saturated carbocycles. The first-order chi connectivity index (χ1) is 5.27. The molecule has 0 saturated heterocycles. The minimum Gasteiger partial charge on any atom is -0.388 e. The van der Waals surface area contributed by atoms with Gasteiger partial charge in [-0.15, -0.1) is 0 Å². The molecule has 58 valence electrons. The topological polar surface area (TPSA) is 29.1 Å². The summed E-state index contributed by atoms with van der Waals surface area (Å²) in [4.78, 5) is 10.3. The third kappa shape index (κ3) is 1.55.